The van der Waals surface area contributed by atoms with Crippen LogP contribution in [0.25, 0.3) is 0 Å². The van der Waals surface area contributed by atoms with Gasteiger partial charge in [0.2, 0.25) is 0 Å². The SMILES string of the molecule is COc1ccc(CN2C[C@]3(CC[C@@](c4ccc(F)cc4)(N(C)C)CC3)NC2=O)cc1. The van der Waals surface area contributed by atoms with Crippen LogP contribution in [0.2, 0.25) is 0 Å². The maximum Gasteiger partial charge on any atom is 0.318 e. The van der Waals surface area contributed by atoms with Crippen molar-refractivity contribution in [2.24, 2.45) is 0 Å². The molecule has 5 nitrogen and oxygen atoms in total. The van der Waals surface area contributed by atoms with Gasteiger partial charge in [-0.05, 0) is 75.2 Å². The standard InChI is InChI=1S/C24H30FN3O2/c1-27(2)24(19-6-8-20(25)9-7-19)14-12-23(13-15-24)17-28(22(29)26-23)16-18-4-10-21(30-3)11-5-18/h4-11H,12-17H2,1-3H3,(H,26,29)/t23-,24-. The average molecular weight is 412 g/mol. The summed E-state index contributed by atoms with van der Waals surface area (Å²) in [5.41, 5.74) is 1.91. The van der Waals surface area contributed by atoms with Gasteiger partial charge in [0.15, 0.2) is 0 Å². The average Bonchev–Trinajstić information content (AvgIpc) is 3.04. The molecule has 0 radical (unpaired) electrons. The van der Waals surface area contributed by atoms with E-state index in [0.29, 0.717) is 13.1 Å². The number of hydrogen-bond acceptors (Lipinski definition) is 3. The first-order chi connectivity index (χ1) is 14.4. The molecule has 2 aromatic rings. The third-order valence-electron chi connectivity index (χ3n) is 6.96. The molecule has 1 saturated carbocycles. The van der Waals surface area contributed by atoms with Crippen LogP contribution in [0.1, 0.15) is 36.8 Å². The van der Waals surface area contributed by atoms with Crippen LogP contribution in [0.3, 0.4) is 0 Å². The number of nitrogens with zero attached hydrogens (tertiary/aromatic N) is 2. The van der Waals surface area contributed by atoms with Gasteiger partial charge in [-0.1, -0.05) is 24.3 Å². The summed E-state index contributed by atoms with van der Waals surface area (Å²) in [5.74, 6) is 0.603. The van der Waals surface area contributed by atoms with Crippen LogP contribution in [0.4, 0.5) is 9.18 Å². The van der Waals surface area contributed by atoms with Crippen molar-refractivity contribution in [3.63, 3.8) is 0 Å². The normalized spacial score (nSPS) is 26.3. The number of hydrogen-bond donors (Lipinski definition) is 1. The first-order valence-electron chi connectivity index (χ1n) is 10.5. The van der Waals surface area contributed by atoms with Crippen LogP contribution < -0.4 is 10.1 Å². The van der Waals surface area contributed by atoms with E-state index in [4.69, 9.17) is 4.74 Å². The zero-order valence-corrected chi connectivity index (χ0v) is 18.0. The Morgan fingerprint density at radius 3 is 2.23 bits per heavy atom. The molecular formula is C24H30FN3O2. The van der Waals surface area contributed by atoms with Crippen LogP contribution in [0, 0.1) is 5.82 Å². The van der Waals surface area contributed by atoms with Gasteiger partial charge in [0.25, 0.3) is 0 Å². The molecule has 1 aliphatic carbocycles. The van der Waals surface area contributed by atoms with Crippen molar-refractivity contribution in [1.82, 2.24) is 15.1 Å². The van der Waals surface area contributed by atoms with Gasteiger partial charge < -0.3 is 15.0 Å². The van der Waals surface area contributed by atoms with Crippen molar-refractivity contribution < 1.29 is 13.9 Å². The quantitative estimate of drug-likeness (QED) is 0.805. The van der Waals surface area contributed by atoms with E-state index in [1.165, 1.54) is 0 Å². The van der Waals surface area contributed by atoms with Crippen molar-refractivity contribution in [1.29, 1.82) is 0 Å². The second-order valence-electron chi connectivity index (χ2n) is 8.85. The fourth-order valence-corrected chi connectivity index (χ4v) is 5.04. The molecule has 1 saturated heterocycles. The zero-order chi connectivity index (χ0) is 21.4. The van der Waals surface area contributed by atoms with Gasteiger partial charge in [0.05, 0.1) is 12.6 Å². The number of nitrogens with one attached hydrogen (secondary N) is 1. The number of rotatable bonds is 5. The third kappa shape index (κ3) is 3.76. The lowest BCUT2D eigenvalue weighted by Gasteiger charge is -2.48. The number of halogens is 1. The summed E-state index contributed by atoms with van der Waals surface area (Å²) in [6.45, 7) is 1.30. The monoisotopic (exact) mass is 411 g/mol. The van der Waals surface area contributed by atoms with E-state index in [0.717, 1.165) is 42.6 Å². The summed E-state index contributed by atoms with van der Waals surface area (Å²) in [7, 11) is 5.82. The smallest absolute Gasteiger partial charge is 0.318 e. The summed E-state index contributed by atoms with van der Waals surface area (Å²) in [5, 5.41) is 3.28. The van der Waals surface area contributed by atoms with E-state index in [1.54, 1.807) is 19.2 Å². The molecule has 30 heavy (non-hydrogen) atoms. The fraction of sp³-hybridized carbons (Fsp3) is 0.458. The molecule has 160 valence electrons. The highest BCUT2D eigenvalue weighted by atomic mass is 19.1. The first-order valence-corrected chi connectivity index (χ1v) is 10.5. The molecule has 0 bridgehead atoms. The van der Waals surface area contributed by atoms with Crippen molar-refractivity contribution in [2.75, 3.05) is 27.7 Å². The number of amides is 2. The number of benzene rings is 2. The van der Waals surface area contributed by atoms with E-state index in [2.05, 4.69) is 24.3 Å². The Bertz CT molecular complexity index is 888. The van der Waals surface area contributed by atoms with Gasteiger partial charge in [0.1, 0.15) is 11.6 Å². The lowest BCUT2D eigenvalue weighted by molar-refractivity contribution is 0.0617. The molecular weight excluding hydrogens is 381 g/mol. The van der Waals surface area contributed by atoms with E-state index < -0.39 is 0 Å². The molecule has 2 aliphatic rings. The van der Waals surface area contributed by atoms with Gasteiger partial charge >= 0.3 is 6.03 Å². The molecule has 2 fully saturated rings. The summed E-state index contributed by atoms with van der Waals surface area (Å²) in [6.07, 6.45) is 3.63. The molecule has 1 aliphatic heterocycles. The topological polar surface area (TPSA) is 44.8 Å². The van der Waals surface area contributed by atoms with Gasteiger partial charge in [-0.25, -0.2) is 9.18 Å². The molecule has 1 heterocycles. The minimum absolute atomic E-state index is 0.00459. The van der Waals surface area contributed by atoms with Crippen LogP contribution >= 0.6 is 0 Å². The highest BCUT2D eigenvalue weighted by Crippen LogP contribution is 2.46. The predicted octanol–water partition coefficient (Wildman–Crippen LogP) is 4.13. The number of ether oxygens (including phenoxy) is 1. The Morgan fingerprint density at radius 2 is 1.67 bits per heavy atom. The lowest BCUT2D eigenvalue weighted by atomic mass is 9.69. The number of carbonyl (C=O) groups is 1. The van der Waals surface area contributed by atoms with E-state index in [1.807, 2.05) is 41.3 Å². The maximum absolute atomic E-state index is 13.5. The van der Waals surface area contributed by atoms with Gasteiger partial charge in [-0.2, -0.15) is 0 Å². The summed E-state index contributed by atoms with van der Waals surface area (Å²) < 4.78 is 18.7. The minimum Gasteiger partial charge on any atom is -0.497 e. The molecule has 2 aromatic carbocycles. The first kappa shape index (κ1) is 20.7. The highest BCUT2D eigenvalue weighted by Gasteiger charge is 2.49. The molecule has 0 unspecified atom stereocenters. The molecule has 1 N–H and O–H groups in total. The van der Waals surface area contributed by atoms with E-state index in [-0.39, 0.29) is 22.9 Å². The van der Waals surface area contributed by atoms with E-state index >= 15 is 0 Å². The predicted molar refractivity (Wildman–Crippen MR) is 115 cm³/mol. The zero-order valence-electron chi connectivity index (χ0n) is 18.0. The molecule has 0 aromatic heterocycles. The van der Waals surface area contributed by atoms with Crippen LogP contribution in [-0.4, -0.2) is 49.1 Å². The fourth-order valence-electron chi connectivity index (χ4n) is 5.04. The van der Waals surface area contributed by atoms with Gasteiger partial charge in [0, 0.05) is 18.6 Å². The van der Waals surface area contributed by atoms with E-state index in [9.17, 15) is 9.18 Å². The van der Waals surface area contributed by atoms with Crippen LogP contribution in [0.15, 0.2) is 48.5 Å². The Morgan fingerprint density at radius 1 is 1.03 bits per heavy atom. The molecule has 0 atom stereocenters. The van der Waals surface area contributed by atoms with Gasteiger partial charge in [-0.15, -0.1) is 0 Å². The van der Waals surface area contributed by atoms with Crippen LogP contribution in [0.5, 0.6) is 5.75 Å². The molecule has 6 heteroatoms. The van der Waals surface area contributed by atoms with Crippen LogP contribution in [-0.2, 0) is 12.1 Å². The largest absolute Gasteiger partial charge is 0.497 e. The van der Waals surface area contributed by atoms with Crippen molar-refractivity contribution in [2.45, 2.75) is 43.3 Å². The number of carbonyl (C=O) groups excluding carboxylic acids is 1. The lowest BCUT2D eigenvalue weighted by Crippen LogP contribution is -2.54. The molecule has 4 rings (SSSR count). The van der Waals surface area contributed by atoms with Crippen molar-refractivity contribution >= 4 is 6.03 Å². The summed E-state index contributed by atoms with van der Waals surface area (Å²) in [6, 6.07) is 14.7. The number of methoxy groups -OCH3 is 1. The summed E-state index contributed by atoms with van der Waals surface area (Å²) in [4.78, 5) is 16.9. The minimum atomic E-state index is -0.211. The Hall–Kier alpha value is -2.60. The second-order valence-corrected chi connectivity index (χ2v) is 8.85. The summed E-state index contributed by atoms with van der Waals surface area (Å²) >= 11 is 0. The Kier molecular flexibility index (Phi) is 5.45. The van der Waals surface area contributed by atoms with Crippen molar-refractivity contribution in [3.8, 4) is 5.75 Å². The Labute approximate surface area is 177 Å². The molecule has 1 spiro atoms. The molecule has 2 amide bonds. The third-order valence-corrected chi connectivity index (χ3v) is 6.96. The Balaban J connectivity index is 1.46. The second kappa shape index (κ2) is 7.91. The maximum atomic E-state index is 13.5. The van der Waals surface area contributed by atoms with Crippen molar-refractivity contribution in [3.05, 3.63) is 65.5 Å². The van der Waals surface area contributed by atoms with Gasteiger partial charge in [-0.3, -0.25) is 4.90 Å². The number of urea groups is 1. The highest BCUT2D eigenvalue weighted by molar-refractivity contribution is 5.78.